The van der Waals surface area contributed by atoms with Gasteiger partial charge in [-0.3, -0.25) is 19.4 Å². The predicted molar refractivity (Wildman–Crippen MR) is 129 cm³/mol. The fraction of sp³-hybridized carbons (Fsp3) is 0.538. The Morgan fingerprint density at radius 3 is 2.70 bits per heavy atom. The third-order valence-electron chi connectivity index (χ3n) is 6.77. The van der Waals surface area contributed by atoms with Crippen LogP contribution in [0.4, 0.5) is 5.82 Å². The van der Waals surface area contributed by atoms with E-state index in [2.05, 4.69) is 29.2 Å². The highest BCUT2D eigenvalue weighted by Crippen LogP contribution is 2.32. The molecular formula is C26H35N5O2. The predicted octanol–water partition coefficient (Wildman–Crippen LogP) is 2.96. The number of anilines is 1. The molecule has 1 aromatic heterocycles. The molecule has 0 saturated carbocycles. The van der Waals surface area contributed by atoms with Crippen LogP contribution in [0.1, 0.15) is 54.2 Å². The standard InChI is InChI=1S/C26H35N5O2/c1-19-22-13-14-23(32)31(16-7-11-20-9-5-4-6-10-20)26(22)28-25(27-19)21-12-8-15-30(17-21)18-24(33)29(2)3/h4-6,9-10,21H,7-8,11-18H2,1-3H3. The van der Waals surface area contributed by atoms with Crippen molar-refractivity contribution in [3.05, 3.63) is 53.0 Å². The van der Waals surface area contributed by atoms with E-state index >= 15 is 0 Å². The molecule has 1 aromatic carbocycles. The van der Waals surface area contributed by atoms with Gasteiger partial charge < -0.3 is 4.90 Å². The largest absolute Gasteiger partial charge is 0.348 e. The van der Waals surface area contributed by atoms with Crippen molar-refractivity contribution in [1.29, 1.82) is 0 Å². The summed E-state index contributed by atoms with van der Waals surface area (Å²) in [5.74, 6) is 2.08. The number of nitrogens with zero attached hydrogens (tertiary/aromatic N) is 5. The van der Waals surface area contributed by atoms with E-state index in [0.717, 1.165) is 61.7 Å². The molecule has 176 valence electrons. The lowest BCUT2D eigenvalue weighted by atomic mass is 9.96. The lowest BCUT2D eigenvalue weighted by Gasteiger charge is -2.34. The van der Waals surface area contributed by atoms with Gasteiger partial charge in [-0.15, -0.1) is 0 Å². The molecule has 33 heavy (non-hydrogen) atoms. The van der Waals surface area contributed by atoms with Gasteiger partial charge in [0.2, 0.25) is 11.8 Å². The third kappa shape index (κ3) is 5.58. The molecule has 1 saturated heterocycles. The quantitative estimate of drug-likeness (QED) is 0.650. The molecule has 1 atom stereocenters. The molecule has 0 radical (unpaired) electrons. The molecule has 0 aliphatic carbocycles. The molecule has 0 N–H and O–H groups in total. The maximum Gasteiger partial charge on any atom is 0.236 e. The summed E-state index contributed by atoms with van der Waals surface area (Å²) in [5.41, 5.74) is 3.38. The minimum absolute atomic E-state index is 0.119. The molecule has 2 amide bonds. The van der Waals surface area contributed by atoms with Gasteiger partial charge in [0.05, 0.1) is 6.54 Å². The number of aromatic nitrogens is 2. The molecule has 2 aromatic rings. The second-order valence-electron chi connectivity index (χ2n) is 9.47. The zero-order valence-corrected chi connectivity index (χ0v) is 20.1. The van der Waals surface area contributed by atoms with Crippen LogP contribution in [-0.2, 0) is 22.4 Å². The van der Waals surface area contributed by atoms with Crippen molar-refractivity contribution in [3.8, 4) is 0 Å². The number of fused-ring (bicyclic) bond motifs is 1. The lowest BCUT2D eigenvalue weighted by molar-refractivity contribution is -0.130. The number of likely N-dealkylation sites (tertiary alicyclic amines) is 1. The van der Waals surface area contributed by atoms with Crippen LogP contribution in [0.15, 0.2) is 30.3 Å². The first kappa shape index (κ1) is 23.4. The number of carbonyl (C=O) groups is 2. The molecule has 0 bridgehead atoms. The molecule has 4 rings (SSSR count). The monoisotopic (exact) mass is 449 g/mol. The van der Waals surface area contributed by atoms with Gasteiger partial charge >= 0.3 is 0 Å². The minimum Gasteiger partial charge on any atom is -0.348 e. The van der Waals surface area contributed by atoms with E-state index in [0.29, 0.717) is 25.9 Å². The second kappa shape index (κ2) is 10.4. The molecule has 3 heterocycles. The average Bonchev–Trinajstić information content (AvgIpc) is 2.81. The summed E-state index contributed by atoms with van der Waals surface area (Å²) in [6, 6.07) is 10.4. The Balaban J connectivity index is 1.50. The summed E-state index contributed by atoms with van der Waals surface area (Å²) in [6.07, 6.45) is 5.10. The average molecular weight is 450 g/mol. The number of carbonyl (C=O) groups excluding carboxylic acids is 2. The Bertz CT molecular complexity index is 992. The molecule has 1 unspecified atom stereocenters. The fourth-order valence-corrected chi connectivity index (χ4v) is 4.84. The first-order valence-electron chi connectivity index (χ1n) is 12.1. The van der Waals surface area contributed by atoms with E-state index in [-0.39, 0.29) is 17.7 Å². The Kier molecular flexibility index (Phi) is 7.38. The number of likely N-dealkylation sites (N-methyl/N-ethyl adjacent to an activating group) is 1. The first-order chi connectivity index (χ1) is 15.9. The highest BCUT2D eigenvalue weighted by atomic mass is 16.2. The highest BCUT2D eigenvalue weighted by molar-refractivity contribution is 5.95. The summed E-state index contributed by atoms with van der Waals surface area (Å²) >= 11 is 0. The van der Waals surface area contributed by atoms with Gasteiger partial charge in [0.25, 0.3) is 0 Å². The van der Waals surface area contributed by atoms with E-state index in [1.54, 1.807) is 19.0 Å². The molecule has 1 fully saturated rings. The number of hydrogen-bond donors (Lipinski definition) is 0. The van der Waals surface area contributed by atoms with Crippen molar-refractivity contribution in [2.75, 3.05) is 45.2 Å². The van der Waals surface area contributed by atoms with Crippen LogP contribution in [0.25, 0.3) is 0 Å². The van der Waals surface area contributed by atoms with Crippen LogP contribution in [0, 0.1) is 6.92 Å². The number of amides is 2. The van der Waals surface area contributed by atoms with E-state index in [1.807, 2.05) is 17.9 Å². The second-order valence-corrected chi connectivity index (χ2v) is 9.47. The Morgan fingerprint density at radius 2 is 1.94 bits per heavy atom. The van der Waals surface area contributed by atoms with Crippen molar-refractivity contribution in [1.82, 2.24) is 19.8 Å². The lowest BCUT2D eigenvalue weighted by Crippen LogP contribution is -2.42. The number of piperidine rings is 1. The van der Waals surface area contributed by atoms with Crippen LogP contribution in [0.5, 0.6) is 0 Å². The topological polar surface area (TPSA) is 69.6 Å². The van der Waals surface area contributed by atoms with Gasteiger partial charge in [0.15, 0.2) is 0 Å². The Hall–Kier alpha value is -2.80. The molecule has 0 spiro atoms. The van der Waals surface area contributed by atoms with E-state index in [1.165, 1.54) is 5.56 Å². The molecule has 2 aliphatic heterocycles. The van der Waals surface area contributed by atoms with Crippen LogP contribution >= 0.6 is 0 Å². The summed E-state index contributed by atoms with van der Waals surface area (Å²) in [6.45, 7) is 4.84. The van der Waals surface area contributed by atoms with Gasteiger partial charge in [0.1, 0.15) is 11.6 Å². The summed E-state index contributed by atoms with van der Waals surface area (Å²) < 4.78 is 0. The van der Waals surface area contributed by atoms with Gasteiger partial charge in [-0.2, -0.15) is 0 Å². The van der Waals surface area contributed by atoms with E-state index in [9.17, 15) is 9.59 Å². The SMILES string of the molecule is Cc1nc(C2CCCN(CC(=O)N(C)C)C2)nc2c1CCC(=O)N2CCCc1ccccc1. The van der Waals surface area contributed by atoms with Crippen molar-refractivity contribution in [2.24, 2.45) is 0 Å². The maximum absolute atomic E-state index is 12.9. The van der Waals surface area contributed by atoms with Crippen molar-refractivity contribution < 1.29 is 9.59 Å². The number of hydrogen-bond acceptors (Lipinski definition) is 5. The van der Waals surface area contributed by atoms with Crippen LogP contribution in [0.3, 0.4) is 0 Å². The molecule has 7 nitrogen and oxygen atoms in total. The van der Waals surface area contributed by atoms with Gasteiger partial charge in [-0.05, 0) is 51.1 Å². The Morgan fingerprint density at radius 1 is 1.15 bits per heavy atom. The summed E-state index contributed by atoms with van der Waals surface area (Å²) in [5, 5.41) is 0. The van der Waals surface area contributed by atoms with Gasteiger partial charge in [-0.1, -0.05) is 30.3 Å². The van der Waals surface area contributed by atoms with Crippen molar-refractivity contribution in [2.45, 2.75) is 51.4 Å². The zero-order valence-electron chi connectivity index (χ0n) is 20.1. The third-order valence-corrected chi connectivity index (χ3v) is 6.77. The maximum atomic E-state index is 12.9. The molecular weight excluding hydrogens is 414 g/mol. The number of benzene rings is 1. The summed E-state index contributed by atoms with van der Waals surface area (Å²) in [7, 11) is 3.59. The van der Waals surface area contributed by atoms with Gasteiger partial charge in [-0.25, -0.2) is 9.97 Å². The van der Waals surface area contributed by atoms with Crippen LogP contribution < -0.4 is 4.90 Å². The molecule has 2 aliphatic rings. The number of rotatable bonds is 7. The first-order valence-corrected chi connectivity index (χ1v) is 12.1. The smallest absolute Gasteiger partial charge is 0.236 e. The van der Waals surface area contributed by atoms with Gasteiger partial charge in [0, 0.05) is 50.8 Å². The van der Waals surface area contributed by atoms with E-state index < -0.39 is 0 Å². The van der Waals surface area contributed by atoms with E-state index in [4.69, 9.17) is 9.97 Å². The fourth-order valence-electron chi connectivity index (χ4n) is 4.84. The van der Waals surface area contributed by atoms with Crippen molar-refractivity contribution >= 4 is 17.6 Å². The molecule has 7 heteroatoms. The highest BCUT2D eigenvalue weighted by Gasteiger charge is 2.31. The summed E-state index contributed by atoms with van der Waals surface area (Å²) in [4.78, 5) is 40.6. The normalized spacial score (nSPS) is 18.8. The zero-order chi connectivity index (χ0) is 23.4. The Labute approximate surface area is 196 Å². The van der Waals surface area contributed by atoms with Crippen molar-refractivity contribution in [3.63, 3.8) is 0 Å². The number of aryl methyl sites for hydroxylation is 2. The minimum atomic E-state index is 0.119. The van der Waals surface area contributed by atoms with Crippen LogP contribution in [-0.4, -0.2) is 71.9 Å². The van der Waals surface area contributed by atoms with Crippen LogP contribution in [0.2, 0.25) is 0 Å².